The predicted octanol–water partition coefficient (Wildman–Crippen LogP) is 3.12. The van der Waals surface area contributed by atoms with Crippen LogP contribution in [-0.2, 0) is 6.18 Å². The van der Waals surface area contributed by atoms with E-state index in [2.05, 4.69) is 15.3 Å². The molecule has 9 heteroatoms. The summed E-state index contributed by atoms with van der Waals surface area (Å²) in [5.41, 5.74) is 4.23. The fraction of sp³-hybridized carbons (Fsp3) is 0.267. The summed E-state index contributed by atoms with van der Waals surface area (Å²) in [6.07, 6.45) is -3.57. The molecule has 2 rings (SSSR count). The lowest BCUT2D eigenvalue weighted by Gasteiger charge is -2.15. The Morgan fingerprint density at radius 2 is 2.04 bits per heavy atom. The van der Waals surface area contributed by atoms with Crippen LogP contribution in [0.25, 0.3) is 0 Å². The number of pyridine rings is 2. The third kappa shape index (κ3) is 4.34. The van der Waals surface area contributed by atoms with Crippen molar-refractivity contribution in [3.8, 4) is 5.75 Å². The minimum atomic E-state index is -4.63. The topological polar surface area (TPSA) is 90.1 Å². The average molecular weight is 340 g/mol. The number of nitrogens with zero attached hydrogens (tertiary/aromatic N) is 2. The van der Waals surface area contributed by atoms with Crippen LogP contribution < -0.4 is 15.8 Å². The monoisotopic (exact) mass is 340 g/mol. The summed E-state index contributed by atoms with van der Waals surface area (Å²) in [4.78, 5) is 19.3. The van der Waals surface area contributed by atoms with Gasteiger partial charge in [-0.05, 0) is 26.0 Å². The van der Waals surface area contributed by atoms with Gasteiger partial charge >= 0.3 is 6.18 Å². The first-order valence-electron chi connectivity index (χ1n) is 6.94. The van der Waals surface area contributed by atoms with Crippen molar-refractivity contribution in [2.45, 2.75) is 26.1 Å². The molecule has 24 heavy (non-hydrogen) atoms. The van der Waals surface area contributed by atoms with E-state index in [4.69, 9.17) is 10.5 Å². The van der Waals surface area contributed by atoms with Gasteiger partial charge in [0.05, 0.1) is 12.3 Å². The van der Waals surface area contributed by atoms with Crippen LogP contribution in [0.1, 0.15) is 30.0 Å². The Morgan fingerprint density at radius 3 is 2.67 bits per heavy atom. The molecule has 0 fully saturated rings. The van der Waals surface area contributed by atoms with Gasteiger partial charge in [-0.25, -0.2) is 9.97 Å². The molecule has 0 aromatic carbocycles. The zero-order chi connectivity index (χ0) is 17.9. The molecule has 2 heterocycles. The summed E-state index contributed by atoms with van der Waals surface area (Å²) in [6.45, 7) is 3.55. The van der Waals surface area contributed by atoms with E-state index in [-0.39, 0.29) is 29.1 Å². The van der Waals surface area contributed by atoms with Gasteiger partial charge < -0.3 is 15.8 Å². The smallest absolute Gasteiger partial charge is 0.433 e. The first-order valence-corrected chi connectivity index (χ1v) is 6.94. The van der Waals surface area contributed by atoms with Gasteiger partial charge in [0.25, 0.3) is 5.91 Å². The van der Waals surface area contributed by atoms with Gasteiger partial charge in [-0.3, -0.25) is 4.79 Å². The fourth-order valence-corrected chi connectivity index (χ4v) is 1.80. The molecule has 0 aliphatic heterocycles. The number of nitrogens with two attached hydrogens (primary N) is 1. The van der Waals surface area contributed by atoms with Gasteiger partial charge in [0.1, 0.15) is 28.6 Å². The number of nitrogen functional groups attached to an aromatic ring is 1. The van der Waals surface area contributed by atoms with Crippen LogP contribution in [0.3, 0.4) is 0 Å². The van der Waals surface area contributed by atoms with Gasteiger partial charge in [0.2, 0.25) is 0 Å². The highest BCUT2D eigenvalue weighted by molar-refractivity contribution is 6.03. The highest BCUT2D eigenvalue weighted by atomic mass is 19.4. The summed E-state index contributed by atoms with van der Waals surface area (Å²) in [5.74, 6) is -0.375. The lowest BCUT2D eigenvalue weighted by atomic mass is 10.2. The Balaban J connectivity index is 2.27. The Kier molecular flexibility index (Phi) is 4.91. The van der Waals surface area contributed by atoms with Gasteiger partial charge in [0, 0.05) is 6.07 Å². The number of anilines is 2. The maximum atomic E-state index is 12.7. The van der Waals surface area contributed by atoms with Crippen LogP contribution in [0, 0.1) is 0 Å². The first kappa shape index (κ1) is 17.5. The number of amides is 1. The molecule has 0 aliphatic rings. The lowest BCUT2D eigenvalue weighted by molar-refractivity contribution is -0.141. The highest BCUT2D eigenvalue weighted by Crippen LogP contribution is 2.29. The number of nitrogens with one attached hydrogen (secondary N) is 1. The van der Waals surface area contributed by atoms with Crippen molar-refractivity contribution < 1.29 is 22.7 Å². The summed E-state index contributed by atoms with van der Waals surface area (Å²) in [6, 6.07) is 4.49. The van der Waals surface area contributed by atoms with Crippen molar-refractivity contribution in [3.63, 3.8) is 0 Å². The standard InChI is InChI=1S/C15H15F3N4O2/c1-8(2)24-11-6-13(19)20-7-10(11)22-14(23)9-4-3-5-12(21-9)15(16,17)18/h3-8H,1-2H3,(H2,19,20)(H,22,23). The maximum absolute atomic E-state index is 12.7. The molecule has 0 atom stereocenters. The second-order valence-corrected chi connectivity index (χ2v) is 5.13. The number of hydrogen-bond donors (Lipinski definition) is 2. The highest BCUT2D eigenvalue weighted by Gasteiger charge is 2.33. The minimum absolute atomic E-state index is 0.181. The van der Waals surface area contributed by atoms with E-state index in [1.807, 2.05) is 0 Å². The van der Waals surface area contributed by atoms with E-state index in [0.29, 0.717) is 0 Å². The molecule has 2 aromatic heterocycles. The number of carbonyl (C=O) groups is 1. The minimum Gasteiger partial charge on any atom is -0.489 e. The van der Waals surface area contributed by atoms with Crippen molar-refractivity contribution >= 4 is 17.4 Å². The number of aromatic nitrogens is 2. The molecule has 128 valence electrons. The molecular weight excluding hydrogens is 325 g/mol. The number of carbonyl (C=O) groups excluding carboxylic acids is 1. The van der Waals surface area contributed by atoms with E-state index in [9.17, 15) is 18.0 Å². The number of hydrogen-bond acceptors (Lipinski definition) is 5. The maximum Gasteiger partial charge on any atom is 0.433 e. The van der Waals surface area contributed by atoms with E-state index >= 15 is 0 Å². The average Bonchev–Trinajstić information content (AvgIpc) is 2.48. The summed E-state index contributed by atoms with van der Waals surface area (Å²) < 4.78 is 43.5. The molecule has 0 spiro atoms. The Labute approximate surface area is 135 Å². The zero-order valence-corrected chi connectivity index (χ0v) is 12.9. The summed E-state index contributed by atoms with van der Waals surface area (Å²) in [7, 11) is 0. The molecule has 1 amide bonds. The van der Waals surface area contributed by atoms with Crippen molar-refractivity contribution in [1.29, 1.82) is 0 Å². The number of ether oxygens (including phenoxy) is 1. The molecule has 0 unspecified atom stereocenters. The molecule has 3 N–H and O–H groups in total. The Bertz CT molecular complexity index is 748. The molecule has 0 aliphatic carbocycles. The summed E-state index contributed by atoms with van der Waals surface area (Å²) in [5, 5.41) is 2.43. The van der Waals surface area contributed by atoms with Crippen LogP contribution in [0.15, 0.2) is 30.5 Å². The molecular formula is C15H15F3N4O2. The van der Waals surface area contributed by atoms with Crippen LogP contribution in [0.4, 0.5) is 24.7 Å². The van der Waals surface area contributed by atoms with Crippen LogP contribution in [0.5, 0.6) is 5.75 Å². The van der Waals surface area contributed by atoms with Crippen molar-refractivity contribution in [3.05, 3.63) is 41.9 Å². The van der Waals surface area contributed by atoms with Gasteiger partial charge in [-0.15, -0.1) is 0 Å². The molecule has 6 nitrogen and oxygen atoms in total. The fourth-order valence-electron chi connectivity index (χ4n) is 1.80. The largest absolute Gasteiger partial charge is 0.489 e. The molecule has 2 aromatic rings. The second-order valence-electron chi connectivity index (χ2n) is 5.13. The van der Waals surface area contributed by atoms with Gasteiger partial charge in [0.15, 0.2) is 0 Å². The van der Waals surface area contributed by atoms with E-state index in [0.717, 1.165) is 12.1 Å². The number of rotatable bonds is 4. The van der Waals surface area contributed by atoms with Crippen LogP contribution in [0.2, 0.25) is 0 Å². The van der Waals surface area contributed by atoms with Gasteiger partial charge in [-0.2, -0.15) is 13.2 Å². The van der Waals surface area contributed by atoms with E-state index in [1.165, 1.54) is 18.3 Å². The molecule has 0 saturated heterocycles. The second kappa shape index (κ2) is 6.73. The van der Waals surface area contributed by atoms with Crippen molar-refractivity contribution in [2.75, 3.05) is 11.1 Å². The third-order valence-corrected chi connectivity index (χ3v) is 2.77. The first-order chi connectivity index (χ1) is 11.2. The van der Waals surface area contributed by atoms with Crippen molar-refractivity contribution in [2.24, 2.45) is 0 Å². The molecule has 0 radical (unpaired) electrons. The van der Waals surface area contributed by atoms with Crippen molar-refractivity contribution in [1.82, 2.24) is 9.97 Å². The van der Waals surface area contributed by atoms with Gasteiger partial charge in [-0.1, -0.05) is 6.07 Å². The zero-order valence-electron chi connectivity index (χ0n) is 12.9. The van der Waals surface area contributed by atoms with Crippen LogP contribution >= 0.6 is 0 Å². The molecule has 0 bridgehead atoms. The van der Waals surface area contributed by atoms with E-state index < -0.39 is 17.8 Å². The number of halogens is 3. The number of alkyl halides is 3. The third-order valence-electron chi connectivity index (χ3n) is 2.77. The quantitative estimate of drug-likeness (QED) is 0.892. The summed E-state index contributed by atoms with van der Waals surface area (Å²) >= 11 is 0. The predicted molar refractivity (Wildman–Crippen MR) is 81.6 cm³/mol. The van der Waals surface area contributed by atoms with Crippen LogP contribution in [-0.4, -0.2) is 22.0 Å². The Hall–Kier alpha value is -2.84. The molecule has 0 saturated carbocycles. The Morgan fingerprint density at radius 1 is 1.33 bits per heavy atom. The SMILES string of the molecule is CC(C)Oc1cc(N)ncc1NC(=O)c1cccc(C(F)(F)F)n1. The lowest BCUT2D eigenvalue weighted by Crippen LogP contribution is -2.18. The normalized spacial score (nSPS) is 11.4. The van der Waals surface area contributed by atoms with E-state index in [1.54, 1.807) is 13.8 Å².